The molecular weight excluding hydrogens is 216 g/mol. The molecular formula is C14H22O3. The Hall–Kier alpha value is -0.960. The van der Waals surface area contributed by atoms with Gasteiger partial charge < -0.3 is 9.90 Å². The summed E-state index contributed by atoms with van der Waals surface area (Å²) in [6.07, 6.45) is 2.53. The maximum Gasteiger partial charge on any atom is 0.141 e. The lowest BCUT2D eigenvalue weighted by molar-refractivity contribution is -0.135. The highest BCUT2D eigenvalue weighted by atomic mass is 16.3. The largest absolute Gasteiger partial charge is 0.392 e. The molecule has 0 unspecified atom stereocenters. The van der Waals surface area contributed by atoms with Gasteiger partial charge in [-0.2, -0.15) is 0 Å². The topological polar surface area (TPSA) is 54.4 Å². The predicted octanol–water partition coefficient (Wildman–Crippen LogP) is 2.13. The van der Waals surface area contributed by atoms with E-state index in [4.69, 9.17) is 0 Å². The van der Waals surface area contributed by atoms with E-state index in [1.807, 2.05) is 13.8 Å². The van der Waals surface area contributed by atoms with Gasteiger partial charge in [-0.25, -0.2) is 0 Å². The molecule has 0 spiro atoms. The first-order valence-electron chi connectivity index (χ1n) is 6.29. The summed E-state index contributed by atoms with van der Waals surface area (Å²) in [6.45, 7) is 7.74. The summed E-state index contributed by atoms with van der Waals surface area (Å²) in [7, 11) is 0. The van der Waals surface area contributed by atoms with E-state index in [0.29, 0.717) is 12.8 Å². The SMILES string of the molecule is C=C(C)[C@@H]1CC[C@@H](C)C(=O)[C@H]1[C@H](O)CCC=O. The fourth-order valence-electron chi connectivity index (χ4n) is 2.71. The number of Topliss-reactive ketones (excluding diaryl/α,β-unsaturated/α-hetero) is 1. The fourth-order valence-corrected chi connectivity index (χ4v) is 2.71. The molecule has 4 atom stereocenters. The van der Waals surface area contributed by atoms with Gasteiger partial charge in [-0.15, -0.1) is 0 Å². The first-order chi connectivity index (χ1) is 7.99. The Balaban J connectivity index is 2.82. The summed E-state index contributed by atoms with van der Waals surface area (Å²) in [4.78, 5) is 22.5. The second kappa shape index (κ2) is 6.10. The number of carbonyl (C=O) groups is 2. The first-order valence-corrected chi connectivity index (χ1v) is 6.29. The number of rotatable bonds is 5. The molecule has 1 fully saturated rings. The van der Waals surface area contributed by atoms with Crippen LogP contribution < -0.4 is 0 Å². The molecule has 17 heavy (non-hydrogen) atoms. The summed E-state index contributed by atoms with van der Waals surface area (Å²) in [5.74, 6) is -0.152. The number of hydrogen-bond donors (Lipinski definition) is 1. The molecule has 3 nitrogen and oxygen atoms in total. The van der Waals surface area contributed by atoms with Crippen molar-refractivity contribution in [2.24, 2.45) is 17.8 Å². The molecule has 0 heterocycles. The van der Waals surface area contributed by atoms with Gasteiger partial charge in [0.1, 0.15) is 12.1 Å². The van der Waals surface area contributed by atoms with Crippen LogP contribution in [-0.4, -0.2) is 23.3 Å². The molecule has 0 aromatic rings. The van der Waals surface area contributed by atoms with Gasteiger partial charge in [0.05, 0.1) is 12.0 Å². The van der Waals surface area contributed by atoms with Crippen LogP contribution in [0, 0.1) is 17.8 Å². The monoisotopic (exact) mass is 238 g/mol. The van der Waals surface area contributed by atoms with E-state index < -0.39 is 6.10 Å². The van der Waals surface area contributed by atoms with Crippen molar-refractivity contribution in [3.05, 3.63) is 12.2 Å². The van der Waals surface area contributed by atoms with Crippen molar-refractivity contribution in [3.8, 4) is 0 Å². The highest BCUT2D eigenvalue weighted by Crippen LogP contribution is 2.37. The second-order valence-electron chi connectivity index (χ2n) is 5.17. The number of aldehydes is 1. The van der Waals surface area contributed by atoms with Crippen molar-refractivity contribution < 1.29 is 14.7 Å². The Morgan fingerprint density at radius 1 is 1.59 bits per heavy atom. The van der Waals surface area contributed by atoms with Gasteiger partial charge in [0.15, 0.2) is 0 Å². The van der Waals surface area contributed by atoms with Gasteiger partial charge in [-0.05, 0) is 32.1 Å². The second-order valence-corrected chi connectivity index (χ2v) is 5.17. The molecule has 0 amide bonds. The van der Waals surface area contributed by atoms with Crippen LogP contribution in [0.25, 0.3) is 0 Å². The summed E-state index contributed by atoms with van der Waals surface area (Å²) < 4.78 is 0. The fraction of sp³-hybridized carbons (Fsp3) is 0.714. The number of aliphatic hydroxyl groups is 1. The maximum atomic E-state index is 12.2. The molecule has 1 rings (SSSR count). The number of ketones is 1. The minimum Gasteiger partial charge on any atom is -0.392 e. The average molecular weight is 238 g/mol. The maximum absolute atomic E-state index is 12.2. The van der Waals surface area contributed by atoms with Crippen LogP contribution in [0.4, 0.5) is 0 Å². The normalized spacial score (nSPS) is 31.0. The molecule has 0 radical (unpaired) electrons. The van der Waals surface area contributed by atoms with Crippen LogP contribution in [0.2, 0.25) is 0 Å². The first kappa shape index (κ1) is 14.1. The molecule has 1 aliphatic rings. The van der Waals surface area contributed by atoms with E-state index >= 15 is 0 Å². The van der Waals surface area contributed by atoms with Crippen LogP contribution in [0.15, 0.2) is 12.2 Å². The summed E-state index contributed by atoms with van der Waals surface area (Å²) >= 11 is 0. The van der Waals surface area contributed by atoms with Gasteiger partial charge >= 0.3 is 0 Å². The van der Waals surface area contributed by atoms with Crippen LogP contribution in [0.1, 0.15) is 39.5 Å². The van der Waals surface area contributed by atoms with Crippen molar-refractivity contribution in [3.63, 3.8) is 0 Å². The van der Waals surface area contributed by atoms with Gasteiger partial charge in [0, 0.05) is 12.3 Å². The van der Waals surface area contributed by atoms with E-state index in [1.165, 1.54) is 0 Å². The average Bonchev–Trinajstić information content (AvgIpc) is 2.28. The summed E-state index contributed by atoms with van der Waals surface area (Å²) in [5.41, 5.74) is 0.959. The van der Waals surface area contributed by atoms with Crippen molar-refractivity contribution >= 4 is 12.1 Å². The zero-order valence-electron chi connectivity index (χ0n) is 10.7. The smallest absolute Gasteiger partial charge is 0.141 e. The summed E-state index contributed by atoms with van der Waals surface area (Å²) in [6, 6.07) is 0. The standard InChI is InChI=1S/C14H22O3/c1-9(2)11-7-6-10(3)14(17)13(11)12(16)5-4-8-15/h8,10-13,16H,1,4-7H2,2-3H3/t10-,11+,12-,13-/m1/s1. The minimum absolute atomic E-state index is 0.0153. The van der Waals surface area contributed by atoms with E-state index in [1.54, 1.807) is 0 Å². The van der Waals surface area contributed by atoms with Gasteiger partial charge in [-0.3, -0.25) is 4.79 Å². The zero-order chi connectivity index (χ0) is 13.0. The molecule has 96 valence electrons. The minimum atomic E-state index is -0.711. The number of hydrogen-bond acceptors (Lipinski definition) is 3. The van der Waals surface area contributed by atoms with E-state index in [9.17, 15) is 14.7 Å². The lowest BCUT2D eigenvalue weighted by Gasteiger charge is -2.36. The molecule has 0 bridgehead atoms. The molecule has 1 saturated carbocycles. The van der Waals surface area contributed by atoms with Crippen LogP contribution in [0.5, 0.6) is 0 Å². The van der Waals surface area contributed by atoms with E-state index in [-0.39, 0.29) is 23.5 Å². The van der Waals surface area contributed by atoms with Crippen molar-refractivity contribution in [1.82, 2.24) is 0 Å². The van der Waals surface area contributed by atoms with E-state index in [0.717, 1.165) is 24.7 Å². The number of carbonyl (C=O) groups excluding carboxylic acids is 2. The van der Waals surface area contributed by atoms with Gasteiger partial charge in [0.2, 0.25) is 0 Å². The third-order valence-electron chi connectivity index (χ3n) is 3.79. The quantitative estimate of drug-likeness (QED) is 0.589. The highest BCUT2D eigenvalue weighted by Gasteiger charge is 2.40. The van der Waals surface area contributed by atoms with Crippen molar-refractivity contribution in [1.29, 1.82) is 0 Å². The Labute approximate surface area is 103 Å². The van der Waals surface area contributed by atoms with Crippen LogP contribution >= 0.6 is 0 Å². The Morgan fingerprint density at radius 3 is 2.76 bits per heavy atom. The van der Waals surface area contributed by atoms with Gasteiger partial charge in [-0.1, -0.05) is 19.1 Å². The molecule has 0 saturated heterocycles. The Bertz CT molecular complexity index is 309. The molecule has 0 aromatic carbocycles. The van der Waals surface area contributed by atoms with Crippen LogP contribution in [-0.2, 0) is 9.59 Å². The highest BCUT2D eigenvalue weighted by molar-refractivity contribution is 5.85. The van der Waals surface area contributed by atoms with Crippen molar-refractivity contribution in [2.45, 2.75) is 45.6 Å². The number of allylic oxidation sites excluding steroid dienone is 1. The molecule has 1 aliphatic carbocycles. The van der Waals surface area contributed by atoms with Crippen molar-refractivity contribution in [2.75, 3.05) is 0 Å². The third-order valence-corrected chi connectivity index (χ3v) is 3.79. The lowest BCUT2D eigenvalue weighted by Crippen LogP contribution is -2.41. The van der Waals surface area contributed by atoms with E-state index in [2.05, 4.69) is 6.58 Å². The predicted molar refractivity (Wildman–Crippen MR) is 66.5 cm³/mol. The van der Waals surface area contributed by atoms with Gasteiger partial charge in [0.25, 0.3) is 0 Å². The lowest BCUT2D eigenvalue weighted by atomic mass is 9.68. The number of aliphatic hydroxyl groups excluding tert-OH is 1. The molecule has 0 aromatic heterocycles. The molecule has 0 aliphatic heterocycles. The Morgan fingerprint density at radius 2 is 2.24 bits per heavy atom. The third kappa shape index (κ3) is 3.25. The molecule has 3 heteroatoms. The van der Waals surface area contributed by atoms with Crippen LogP contribution in [0.3, 0.4) is 0 Å². The zero-order valence-corrected chi connectivity index (χ0v) is 10.7. The Kier molecular flexibility index (Phi) is 5.06. The molecule has 1 N–H and O–H groups in total. The summed E-state index contributed by atoms with van der Waals surface area (Å²) in [5, 5.41) is 10.1.